The number of allylic oxidation sites excluding steroid dienone is 30. The Morgan fingerprint density at radius 1 is 0.415 bits per heavy atom. The molecule has 6 aliphatic carbocycles. The molecule has 0 fully saturated rings. The molecule has 0 aromatic rings. The molecule has 0 spiro atoms. The second kappa shape index (κ2) is 15.2. The molecule has 0 aromatic heterocycles. The lowest BCUT2D eigenvalue weighted by atomic mass is 9.97. The summed E-state index contributed by atoms with van der Waals surface area (Å²) in [6.07, 6.45) is 48.6. The first-order chi connectivity index (χ1) is 20.0. The zero-order valence-corrected chi connectivity index (χ0v) is 25.7. The highest BCUT2D eigenvalue weighted by Crippen LogP contribution is 2.36. The molecule has 0 amide bonds. The maximum atomic E-state index is 2.30. The topological polar surface area (TPSA) is 0 Å². The average Bonchev–Trinajstić information content (AvgIpc) is 3.79. The summed E-state index contributed by atoms with van der Waals surface area (Å²) in [5.74, 6) is 0. The van der Waals surface area contributed by atoms with E-state index in [4.69, 9.17) is 0 Å². The zero-order chi connectivity index (χ0) is 29.0. The lowest BCUT2D eigenvalue weighted by Crippen LogP contribution is -1.89. The number of hydrogen-bond donors (Lipinski definition) is 0. The smallest absolute Gasteiger partial charge is 0.00201 e. The zero-order valence-electron chi connectivity index (χ0n) is 25.7. The van der Waals surface area contributed by atoms with Gasteiger partial charge in [0, 0.05) is 0 Å². The molecule has 210 valence electrons. The van der Waals surface area contributed by atoms with Crippen molar-refractivity contribution in [3.05, 3.63) is 177 Å². The Hall–Kier alpha value is -3.90. The summed E-state index contributed by atoms with van der Waals surface area (Å²) in [5, 5.41) is 0. The van der Waals surface area contributed by atoms with Crippen LogP contribution in [0.25, 0.3) is 0 Å². The molecule has 41 heavy (non-hydrogen) atoms. The number of rotatable bonds is 6. The minimum absolute atomic E-state index is 1.09. The Labute approximate surface area is 249 Å². The molecule has 0 aromatic carbocycles. The van der Waals surface area contributed by atoms with Gasteiger partial charge in [-0.25, -0.2) is 0 Å². The van der Waals surface area contributed by atoms with Crippen LogP contribution in [-0.4, -0.2) is 0 Å². The normalized spacial score (nSPS) is 21.0. The molecule has 0 heteroatoms. The van der Waals surface area contributed by atoms with E-state index in [1.165, 1.54) is 61.3 Å². The van der Waals surface area contributed by atoms with Crippen molar-refractivity contribution in [1.82, 2.24) is 0 Å². The Kier molecular flexibility index (Phi) is 11.1. The van der Waals surface area contributed by atoms with Gasteiger partial charge >= 0.3 is 0 Å². The van der Waals surface area contributed by atoms with Gasteiger partial charge in [-0.1, -0.05) is 127 Å². The molecule has 0 saturated carbocycles. The third-order valence-corrected chi connectivity index (χ3v) is 7.91. The fraction of sp³-hybridized carbons (Fsp3) is 0.268. The molecule has 0 nitrogen and oxygen atoms in total. The van der Waals surface area contributed by atoms with Gasteiger partial charge in [0.2, 0.25) is 0 Å². The molecule has 0 saturated heterocycles. The lowest BCUT2D eigenvalue weighted by Gasteiger charge is -2.07. The van der Waals surface area contributed by atoms with E-state index >= 15 is 0 Å². The van der Waals surface area contributed by atoms with Crippen LogP contribution in [0.2, 0.25) is 0 Å². The first-order valence-corrected chi connectivity index (χ1v) is 15.2. The molecule has 0 N–H and O–H groups in total. The van der Waals surface area contributed by atoms with Gasteiger partial charge in [0.05, 0.1) is 0 Å². The van der Waals surface area contributed by atoms with Crippen molar-refractivity contribution >= 4 is 0 Å². The van der Waals surface area contributed by atoms with Crippen molar-refractivity contribution in [2.45, 2.75) is 73.1 Å². The van der Waals surface area contributed by atoms with Crippen LogP contribution < -0.4 is 0 Å². The predicted octanol–water partition coefficient (Wildman–Crippen LogP) is 11.9. The molecule has 6 aliphatic rings. The second-order valence-corrected chi connectivity index (χ2v) is 11.4. The van der Waals surface area contributed by atoms with E-state index in [1.807, 2.05) is 0 Å². The molecular formula is C41H46. The van der Waals surface area contributed by atoms with Gasteiger partial charge in [0.1, 0.15) is 0 Å². The molecule has 0 atom stereocenters. The van der Waals surface area contributed by atoms with Crippen LogP contribution in [0.4, 0.5) is 0 Å². The van der Waals surface area contributed by atoms with E-state index < -0.39 is 0 Å². The van der Waals surface area contributed by atoms with Crippen molar-refractivity contribution in [2.75, 3.05) is 0 Å². The first-order valence-electron chi connectivity index (χ1n) is 15.2. The standard InChI is InChI=1S/C16H16.C14H16.C11H14/c1-12-6-7-14(10-12)16-9-8-15(11-16)13-4-2-3-5-13;1-3-4-12-6-8-14(10-12)13-7-5-11(2)9-13;1-3-5-10-7-8-11(9-10)6-4-2/h2-4,6-9H,5,10-11H2,1H3;3-8H,9-10H2,1-2H3;3-8H,9H2,1-2H3/b;4-3+;5-3+,6-4+. The molecule has 6 rings (SSSR count). The largest absolute Gasteiger partial charge is 0.0874 e. The summed E-state index contributed by atoms with van der Waals surface area (Å²) in [5.41, 5.74) is 16.2. The minimum Gasteiger partial charge on any atom is -0.0874 e. The maximum Gasteiger partial charge on any atom is -0.00201 e. The Bertz CT molecular complexity index is 1450. The minimum atomic E-state index is 1.09. The first kappa shape index (κ1) is 30.1. The van der Waals surface area contributed by atoms with Crippen molar-refractivity contribution in [2.24, 2.45) is 0 Å². The fourth-order valence-electron chi connectivity index (χ4n) is 5.73. The summed E-state index contributed by atoms with van der Waals surface area (Å²) in [4.78, 5) is 0. The van der Waals surface area contributed by atoms with E-state index in [0.717, 1.165) is 38.5 Å². The van der Waals surface area contributed by atoms with Gasteiger partial charge in [-0.15, -0.1) is 0 Å². The van der Waals surface area contributed by atoms with E-state index in [0.29, 0.717) is 0 Å². The average molecular weight is 539 g/mol. The molecule has 0 aliphatic heterocycles. The third-order valence-electron chi connectivity index (χ3n) is 7.91. The van der Waals surface area contributed by atoms with Crippen LogP contribution in [0.15, 0.2) is 177 Å². The maximum absolute atomic E-state index is 2.30. The van der Waals surface area contributed by atoms with Crippen LogP contribution in [0.1, 0.15) is 73.1 Å². The van der Waals surface area contributed by atoms with Crippen molar-refractivity contribution < 1.29 is 0 Å². The Morgan fingerprint density at radius 2 is 0.829 bits per heavy atom. The predicted molar refractivity (Wildman–Crippen MR) is 182 cm³/mol. The van der Waals surface area contributed by atoms with Crippen LogP contribution in [-0.2, 0) is 0 Å². The van der Waals surface area contributed by atoms with E-state index in [1.54, 1.807) is 0 Å². The summed E-state index contributed by atoms with van der Waals surface area (Å²) in [6, 6.07) is 0. The molecule has 0 heterocycles. The fourth-order valence-corrected chi connectivity index (χ4v) is 5.73. The third kappa shape index (κ3) is 8.79. The van der Waals surface area contributed by atoms with Gasteiger partial charge < -0.3 is 0 Å². The van der Waals surface area contributed by atoms with Crippen LogP contribution in [0, 0.1) is 0 Å². The molecular weight excluding hydrogens is 492 g/mol. The van der Waals surface area contributed by atoms with E-state index in [2.05, 4.69) is 150 Å². The van der Waals surface area contributed by atoms with Gasteiger partial charge in [-0.2, -0.15) is 0 Å². The quantitative estimate of drug-likeness (QED) is 0.315. The van der Waals surface area contributed by atoms with Crippen LogP contribution >= 0.6 is 0 Å². The molecule has 0 unspecified atom stereocenters. The van der Waals surface area contributed by atoms with Gasteiger partial charge in [-0.3, -0.25) is 0 Å². The van der Waals surface area contributed by atoms with E-state index in [9.17, 15) is 0 Å². The van der Waals surface area contributed by atoms with Crippen LogP contribution in [0.3, 0.4) is 0 Å². The highest BCUT2D eigenvalue weighted by molar-refractivity contribution is 5.55. The summed E-state index contributed by atoms with van der Waals surface area (Å²) in [6.45, 7) is 10.6. The monoisotopic (exact) mass is 538 g/mol. The van der Waals surface area contributed by atoms with Gasteiger partial charge in [-0.05, 0) is 123 Å². The molecule has 0 bridgehead atoms. The summed E-state index contributed by atoms with van der Waals surface area (Å²) >= 11 is 0. The Balaban J connectivity index is 0.000000145. The second-order valence-electron chi connectivity index (χ2n) is 11.4. The highest BCUT2D eigenvalue weighted by atomic mass is 14.2. The van der Waals surface area contributed by atoms with E-state index in [-0.39, 0.29) is 0 Å². The lowest BCUT2D eigenvalue weighted by molar-refractivity contribution is 1.08. The van der Waals surface area contributed by atoms with Crippen molar-refractivity contribution in [3.63, 3.8) is 0 Å². The SMILES string of the molecule is C/C=C/C1=CC=C(/C=C/C)C1.C/C=C/C1=CC=C(C2=CC=C(C)C2)C1.CC1=CC=C(C2=CC=C(C3=CC=CC3)C2)C1. The molecule has 0 radical (unpaired) electrons. The van der Waals surface area contributed by atoms with Crippen LogP contribution in [0.5, 0.6) is 0 Å². The highest BCUT2D eigenvalue weighted by Gasteiger charge is 2.17. The van der Waals surface area contributed by atoms with Crippen molar-refractivity contribution in [3.8, 4) is 0 Å². The summed E-state index contributed by atoms with van der Waals surface area (Å²) in [7, 11) is 0. The van der Waals surface area contributed by atoms with Gasteiger partial charge in [0.25, 0.3) is 0 Å². The van der Waals surface area contributed by atoms with Crippen molar-refractivity contribution in [1.29, 1.82) is 0 Å². The summed E-state index contributed by atoms with van der Waals surface area (Å²) < 4.78 is 0. The number of hydrogen-bond acceptors (Lipinski definition) is 0. The Morgan fingerprint density at radius 3 is 1.29 bits per heavy atom. The van der Waals surface area contributed by atoms with Gasteiger partial charge in [0.15, 0.2) is 0 Å².